The smallest absolute Gasteiger partial charge is 0.408 e. The topological polar surface area (TPSA) is 64.2 Å². The number of oxazole rings is 1. The molecule has 0 fully saturated rings. The summed E-state index contributed by atoms with van der Waals surface area (Å²) in [5, 5.41) is 3.34. The first-order chi connectivity index (χ1) is 11.5. The molecule has 0 bridgehead atoms. The second kappa shape index (κ2) is 6.53. The maximum atomic E-state index is 12.4. The quantitative estimate of drug-likeness (QED) is 0.777. The standard InChI is InChI=1S/C18H17ClN2O3/c1-11(2)13-5-3-4-6-14(13)20-17(22)10-21-15-8-7-12(19)9-16(15)24-18(21)23/h3-9,11H,10H2,1-2H3,(H,20,22). The SMILES string of the molecule is CC(C)c1ccccc1NC(=O)Cn1c(=O)oc2cc(Cl)ccc21. The summed E-state index contributed by atoms with van der Waals surface area (Å²) in [7, 11) is 0. The van der Waals surface area contributed by atoms with Crippen molar-refractivity contribution in [3.8, 4) is 0 Å². The molecule has 1 N–H and O–H groups in total. The zero-order valence-electron chi connectivity index (χ0n) is 13.4. The number of halogens is 1. The molecule has 0 unspecified atom stereocenters. The minimum absolute atomic E-state index is 0.125. The Morgan fingerprint density at radius 2 is 2.00 bits per heavy atom. The molecule has 0 aliphatic heterocycles. The summed E-state index contributed by atoms with van der Waals surface area (Å²) in [6.07, 6.45) is 0. The molecule has 1 heterocycles. The average Bonchev–Trinajstić information content (AvgIpc) is 2.82. The van der Waals surface area contributed by atoms with Crippen molar-refractivity contribution in [3.63, 3.8) is 0 Å². The number of rotatable bonds is 4. The predicted molar refractivity (Wildman–Crippen MR) is 94.6 cm³/mol. The maximum Gasteiger partial charge on any atom is 0.420 e. The Kier molecular flexibility index (Phi) is 4.44. The summed E-state index contributed by atoms with van der Waals surface area (Å²) in [5.74, 6) is -0.594. The molecule has 0 radical (unpaired) electrons. The van der Waals surface area contributed by atoms with Crippen LogP contribution in [0.5, 0.6) is 0 Å². The third-order valence-electron chi connectivity index (χ3n) is 3.79. The van der Waals surface area contributed by atoms with Gasteiger partial charge in [0, 0.05) is 16.8 Å². The summed E-state index contributed by atoms with van der Waals surface area (Å²) in [4.78, 5) is 24.4. The lowest BCUT2D eigenvalue weighted by Crippen LogP contribution is -2.25. The second-order valence-corrected chi connectivity index (χ2v) is 6.29. The monoisotopic (exact) mass is 344 g/mol. The normalized spacial score (nSPS) is 11.2. The molecule has 0 spiro atoms. The zero-order valence-corrected chi connectivity index (χ0v) is 14.1. The van der Waals surface area contributed by atoms with E-state index in [9.17, 15) is 9.59 Å². The fourth-order valence-corrected chi connectivity index (χ4v) is 2.80. The Morgan fingerprint density at radius 1 is 1.25 bits per heavy atom. The molecule has 3 aromatic rings. The van der Waals surface area contributed by atoms with Gasteiger partial charge in [-0.05, 0) is 29.7 Å². The van der Waals surface area contributed by atoms with Crippen molar-refractivity contribution in [2.75, 3.05) is 5.32 Å². The van der Waals surface area contributed by atoms with Gasteiger partial charge in [0.15, 0.2) is 5.58 Å². The summed E-state index contributed by atoms with van der Waals surface area (Å²) < 4.78 is 6.43. The maximum absolute atomic E-state index is 12.4. The van der Waals surface area contributed by atoms with E-state index < -0.39 is 5.76 Å². The summed E-state index contributed by atoms with van der Waals surface area (Å²) in [5.41, 5.74) is 2.70. The molecule has 1 amide bonds. The van der Waals surface area contributed by atoms with E-state index in [0.717, 1.165) is 11.3 Å². The van der Waals surface area contributed by atoms with Crippen molar-refractivity contribution in [1.29, 1.82) is 0 Å². The molecular weight excluding hydrogens is 328 g/mol. The Bertz CT molecular complexity index is 956. The van der Waals surface area contributed by atoms with Gasteiger partial charge in [-0.3, -0.25) is 9.36 Å². The number of amides is 1. The molecule has 1 aromatic heterocycles. The van der Waals surface area contributed by atoms with Gasteiger partial charge in [0.1, 0.15) is 6.54 Å². The van der Waals surface area contributed by atoms with Crippen LogP contribution in [0.3, 0.4) is 0 Å². The van der Waals surface area contributed by atoms with Gasteiger partial charge in [0.05, 0.1) is 5.52 Å². The minimum Gasteiger partial charge on any atom is -0.408 e. The number of carbonyl (C=O) groups is 1. The first-order valence-electron chi connectivity index (χ1n) is 7.63. The Hall–Kier alpha value is -2.53. The molecule has 2 aromatic carbocycles. The molecule has 6 heteroatoms. The lowest BCUT2D eigenvalue weighted by atomic mass is 10.0. The van der Waals surface area contributed by atoms with Gasteiger partial charge < -0.3 is 9.73 Å². The summed E-state index contributed by atoms with van der Waals surface area (Å²) >= 11 is 5.89. The number of benzene rings is 2. The number of carbonyl (C=O) groups excluding carboxylic acids is 1. The molecule has 5 nitrogen and oxygen atoms in total. The Balaban J connectivity index is 1.86. The number of para-hydroxylation sites is 1. The number of aromatic nitrogens is 1. The molecule has 0 saturated carbocycles. The Morgan fingerprint density at radius 3 is 2.75 bits per heavy atom. The number of nitrogens with one attached hydrogen (secondary N) is 1. The van der Waals surface area contributed by atoms with Crippen LogP contribution < -0.4 is 11.1 Å². The average molecular weight is 345 g/mol. The molecule has 3 rings (SSSR count). The predicted octanol–water partition coefficient (Wildman–Crippen LogP) is 4.01. The van der Waals surface area contributed by atoms with E-state index >= 15 is 0 Å². The number of nitrogens with zero attached hydrogens (tertiary/aromatic N) is 1. The number of anilines is 1. The molecule has 0 aliphatic rings. The van der Waals surface area contributed by atoms with Gasteiger partial charge in [-0.15, -0.1) is 0 Å². The van der Waals surface area contributed by atoms with E-state index in [-0.39, 0.29) is 18.4 Å². The van der Waals surface area contributed by atoms with Crippen LogP contribution in [0.4, 0.5) is 5.69 Å². The first kappa shape index (κ1) is 16.3. The third-order valence-corrected chi connectivity index (χ3v) is 4.02. The highest BCUT2D eigenvalue weighted by Gasteiger charge is 2.14. The highest BCUT2D eigenvalue weighted by atomic mass is 35.5. The Labute approximate surface area is 143 Å². The van der Waals surface area contributed by atoms with Crippen molar-refractivity contribution in [2.24, 2.45) is 0 Å². The largest absolute Gasteiger partial charge is 0.420 e. The van der Waals surface area contributed by atoms with Crippen molar-refractivity contribution in [3.05, 3.63) is 63.6 Å². The lowest BCUT2D eigenvalue weighted by molar-refractivity contribution is -0.116. The van der Waals surface area contributed by atoms with E-state index in [1.165, 1.54) is 4.57 Å². The van der Waals surface area contributed by atoms with E-state index in [0.29, 0.717) is 16.1 Å². The number of hydrogen-bond donors (Lipinski definition) is 1. The van der Waals surface area contributed by atoms with Crippen LogP contribution in [0.25, 0.3) is 11.1 Å². The van der Waals surface area contributed by atoms with Gasteiger partial charge in [0.2, 0.25) is 5.91 Å². The van der Waals surface area contributed by atoms with E-state index in [4.69, 9.17) is 16.0 Å². The van der Waals surface area contributed by atoms with Gasteiger partial charge in [0.25, 0.3) is 0 Å². The van der Waals surface area contributed by atoms with Crippen LogP contribution in [-0.2, 0) is 11.3 Å². The summed E-state index contributed by atoms with van der Waals surface area (Å²) in [6.45, 7) is 3.99. The highest BCUT2D eigenvalue weighted by Crippen LogP contribution is 2.24. The van der Waals surface area contributed by atoms with Crippen LogP contribution in [0.1, 0.15) is 25.3 Å². The molecular formula is C18H17ClN2O3. The van der Waals surface area contributed by atoms with Crippen molar-refractivity contribution < 1.29 is 9.21 Å². The van der Waals surface area contributed by atoms with Crippen LogP contribution in [-0.4, -0.2) is 10.5 Å². The molecule has 24 heavy (non-hydrogen) atoms. The van der Waals surface area contributed by atoms with Gasteiger partial charge in [-0.2, -0.15) is 0 Å². The zero-order chi connectivity index (χ0) is 17.3. The molecule has 124 valence electrons. The van der Waals surface area contributed by atoms with Crippen molar-refractivity contribution in [2.45, 2.75) is 26.3 Å². The van der Waals surface area contributed by atoms with Crippen LogP contribution in [0.2, 0.25) is 5.02 Å². The number of fused-ring (bicyclic) bond motifs is 1. The van der Waals surface area contributed by atoms with E-state index in [2.05, 4.69) is 19.2 Å². The van der Waals surface area contributed by atoms with Crippen LogP contribution >= 0.6 is 11.6 Å². The van der Waals surface area contributed by atoms with Crippen molar-refractivity contribution in [1.82, 2.24) is 4.57 Å². The highest BCUT2D eigenvalue weighted by molar-refractivity contribution is 6.31. The lowest BCUT2D eigenvalue weighted by Gasteiger charge is -2.13. The van der Waals surface area contributed by atoms with Gasteiger partial charge in [-0.25, -0.2) is 4.79 Å². The van der Waals surface area contributed by atoms with Gasteiger partial charge in [-0.1, -0.05) is 43.6 Å². The first-order valence-corrected chi connectivity index (χ1v) is 8.01. The molecule has 0 atom stereocenters. The summed E-state index contributed by atoms with van der Waals surface area (Å²) in [6, 6.07) is 12.5. The number of hydrogen-bond acceptors (Lipinski definition) is 3. The van der Waals surface area contributed by atoms with Gasteiger partial charge >= 0.3 is 5.76 Å². The van der Waals surface area contributed by atoms with Crippen LogP contribution in [0, 0.1) is 0 Å². The molecule has 0 saturated heterocycles. The second-order valence-electron chi connectivity index (χ2n) is 5.86. The molecule has 0 aliphatic carbocycles. The van der Waals surface area contributed by atoms with E-state index in [1.807, 2.05) is 24.3 Å². The fraction of sp³-hybridized carbons (Fsp3) is 0.222. The third kappa shape index (κ3) is 3.21. The van der Waals surface area contributed by atoms with Crippen LogP contribution in [0.15, 0.2) is 51.7 Å². The minimum atomic E-state index is -0.584. The fourth-order valence-electron chi connectivity index (χ4n) is 2.64. The van der Waals surface area contributed by atoms with Crippen molar-refractivity contribution >= 4 is 34.3 Å². The van der Waals surface area contributed by atoms with E-state index in [1.54, 1.807) is 18.2 Å².